The van der Waals surface area contributed by atoms with E-state index in [4.69, 9.17) is 10.5 Å². The summed E-state index contributed by atoms with van der Waals surface area (Å²) in [6, 6.07) is -1.02. The first-order valence-corrected chi connectivity index (χ1v) is 7.11. The molecule has 118 valence electrons. The van der Waals surface area contributed by atoms with E-state index in [0.29, 0.717) is 39.0 Å². The molecule has 0 radical (unpaired) electrons. The third-order valence-electron chi connectivity index (χ3n) is 4.32. The number of nitrogens with two attached hydrogens (primary N) is 1. The van der Waals surface area contributed by atoms with Crippen LogP contribution in [0.2, 0.25) is 0 Å². The van der Waals surface area contributed by atoms with E-state index in [0.717, 1.165) is 6.42 Å². The van der Waals surface area contributed by atoms with Crippen LogP contribution in [-0.2, 0) is 14.3 Å². The summed E-state index contributed by atoms with van der Waals surface area (Å²) in [6.07, 6.45) is 2.00. The van der Waals surface area contributed by atoms with Crippen LogP contribution in [0.15, 0.2) is 0 Å². The molecule has 1 unspecified atom stereocenters. The first-order valence-electron chi connectivity index (χ1n) is 7.11. The number of carbonyl (C=O) groups is 3. The van der Waals surface area contributed by atoms with Crippen LogP contribution < -0.4 is 11.1 Å². The van der Waals surface area contributed by atoms with Gasteiger partial charge in [-0.1, -0.05) is 0 Å². The standard InChI is InChI=1S/C13H21N3O5/c14-10(17)9-2-1-5-16(9)12(20)15-8-13(11(18)19)3-6-21-7-4-13/h9H,1-8H2,(H2,14,17)(H,15,20)(H,18,19). The molecular weight excluding hydrogens is 278 g/mol. The Balaban J connectivity index is 1.96. The summed E-state index contributed by atoms with van der Waals surface area (Å²) in [7, 11) is 0. The van der Waals surface area contributed by atoms with Crippen LogP contribution in [0.3, 0.4) is 0 Å². The zero-order valence-corrected chi connectivity index (χ0v) is 11.8. The number of ether oxygens (including phenoxy) is 1. The van der Waals surface area contributed by atoms with E-state index in [9.17, 15) is 19.5 Å². The van der Waals surface area contributed by atoms with Gasteiger partial charge in [0.15, 0.2) is 0 Å². The van der Waals surface area contributed by atoms with Crippen LogP contribution in [-0.4, -0.2) is 60.3 Å². The van der Waals surface area contributed by atoms with Crippen LogP contribution in [0.5, 0.6) is 0 Å². The first kappa shape index (κ1) is 15.6. The maximum atomic E-state index is 12.2. The molecule has 0 aromatic carbocycles. The van der Waals surface area contributed by atoms with Crippen molar-refractivity contribution in [2.45, 2.75) is 31.7 Å². The average molecular weight is 299 g/mol. The second kappa shape index (κ2) is 6.30. The Morgan fingerprint density at radius 3 is 2.57 bits per heavy atom. The molecule has 2 aliphatic heterocycles. The average Bonchev–Trinajstić information content (AvgIpc) is 2.95. The first-order chi connectivity index (χ1) is 9.96. The van der Waals surface area contributed by atoms with Crippen molar-refractivity contribution in [3.63, 3.8) is 0 Å². The molecule has 21 heavy (non-hydrogen) atoms. The van der Waals surface area contributed by atoms with Gasteiger partial charge in [0.1, 0.15) is 6.04 Å². The Kier molecular flexibility index (Phi) is 4.66. The quantitative estimate of drug-likeness (QED) is 0.647. The maximum absolute atomic E-state index is 12.2. The molecule has 2 saturated heterocycles. The Morgan fingerprint density at radius 1 is 1.33 bits per heavy atom. The molecule has 2 rings (SSSR count). The number of urea groups is 1. The van der Waals surface area contributed by atoms with Gasteiger partial charge in [-0.2, -0.15) is 0 Å². The van der Waals surface area contributed by atoms with Gasteiger partial charge >= 0.3 is 12.0 Å². The van der Waals surface area contributed by atoms with Crippen LogP contribution in [0.25, 0.3) is 0 Å². The largest absolute Gasteiger partial charge is 0.481 e. The van der Waals surface area contributed by atoms with Gasteiger partial charge < -0.3 is 25.8 Å². The van der Waals surface area contributed by atoms with Gasteiger partial charge in [-0.3, -0.25) is 9.59 Å². The smallest absolute Gasteiger partial charge is 0.318 e. The van der Waals surface area contributed by atoms with Crippen molar-refractivity contribution in [2.24, 2.45) is 11.1 Å². The number of amides is 3. The predicted molar refractivity (Wildman–Crippen MR) is 72.4 cm³/mol. The van der Waals surface area contributed by atoms with Crippen molar-refractivity contribution < 1.29 is 24.2 Å². The van der Waals surface area contributed by atoms with E-state index in [2.05, 4.69) is 5.32 Å². The molecule has 1 atom stereocenters. The number of nitrogens with zero attached hydrogens (tertiary/aromatic N) is 1. The minimum atomic E-state index is -0.990. The van der Waals surface area contributed by atoms with E-state index < -0.39 is 29.4 Å². The van der Waals surface area contributed by atoms with Gasteiger partial charge in [-0.05, 0) is 25.7 Å². The lowest BCUT2D eigenvalue weighted by Crippen LogP contribution is -2.52. The molecule has 0 bridgehead atoms. The molecule has 0 saturated carbocycles. The summed E-state index contributed by atoms with van der Waals surface area (Å²) in [5, 5.41) is 12.1. The Labute approximate surface area is 122 Å². The molecule has 0 aromatic heterocycles. The van der Waals surface area contributed by atoms with Crippen LogP contribution in [0, 0.1) is 5.41 Å². The number of hydrogen-bond acceptors (Lipinski definition) is 4. The Morgan fingerprint density at radius 2 is 2.00 bits per heavy atom. The highest BCUT2D eigenvalue weighted by atomic mass is 16.5. The lowest BCUT2D eigenvalue weighted by Gasteiger charge is -2.34. The van der Waals surface area contributed by atoms with Crippen LogP contribution >= 0.6 is 0 Å². The van der Waals surface area contributed by atoms with Crippen LogP contribution in [0.1, 0.15) is 25.7 Å². The maximum Gasteiger partial charge on any atom is 0.318 e. The van der Waals surface area contributed by atoms with Gasteiger partial charge in [0.05, 0.1) is 5.41 Å². The summed E-state index contributed by atoms with van der Waals surface area (Å²) in [4.78, 5) is 36.3. The fraction of sp³-hybridized carbons (Fsp3) is 0.769. The Hall–Kier alpha value is -1.83. The number of carboxylic acid groups (broad SMARTS) is 1. The van der Waals surface area contributed by atoms with E-state index in [1.54, 1.807) is 0 Å². The van der Waals surface area contributed by atoms with Crippen molar-refractivity contribution in [3.05, 3.63) is 0 Å². The van der Waals surface area contributed by atoms with Gasteiger partial charge in [-0.25, -0.2) is 4.79 Å². The highest BCUT2D eigenvalue weighted by molar-refractivity contribution is 5.86. The summed E-state index contributed by atoms with van der Waals surface area (Å²) in [6.45, 7) is 1.24. The zero-order valence-electron chi connectivity index (χ0n) is 11.8. The summed E-state index contributed by atoms with van der Waals surface area (Å²) < 4.78 is 5.18. The van der Waals surface area contributed by atoms with Crippen molar-refractivity contribution in [3.8, 4) is 0 Å². The number of likely N-dealkylation sites (tertiary alicyclic amines) is 1. The molecule has 0 spiro atoms. The number of carboxylic acids is 1. The number of carbonyl (C=O) groups excluding carboxylic acids is 2. The van der Waals surface area contributed by atoms with Gasteiger partial charge in [0.25, 0.3) is 0 Å². The monoisotopic (exact) mass is 299 g/mol. The number of primary amides is 1. The highest BCUT2D eigenvalue weighted by Crippen LogP contribution is 2.30. The number of hydrogen-bond donors (Lipinski definition) is 3. The van der Waals surface area contributed by atoms with E-state index in [1.165, 1.54) is 4.90 Å². The fourth-order valence-corrected chi connectivity index (χ4v) is 2.88. The minimum Gasteiger partial charge on any atom is -0.481 e. The minimum absolute atomic E-state index is 0.0342. The summed E-state index contributed by atoms with van der Waals surface area (Å²) in [5.74, 6) is -1.46. The molecule has 0 aliphatic carbocycles. The van der Waals surface area contributed by atoms with Crippen molar-refractivity contribution in [1.29, 1.82) is 0 Å². The van der Waals surface area contributed by atoms with Crippen molar-refractivity contribution in [2.75, 3.05) is 26.3 Å². The molecule has 2 heterocycles. The van der Waals surface area contributed by atoms with Crippen LogP contribution in [0.4, 0.5) is 4.79 Å². The third kappa shape index (κ3) is 3.26. The van der Waals surface area contributed by atoms with Crippen molar-refractivity contribution >= 4 is 17.9 Å². The molecule has 2 fully saturated rings. The second-order valence-electron chi connectivity index (χ2n) is 5.61. The summed E-state index contributed by atoms with van der Waals surface area (Å²) >= 11 is 0. The van der Waals surface area contributed by atoms with E-state index in [1.807, 2.05) is 0 Å². The Bertz CT molecular complexity index is 434. The molecular formula is C13H21N3O5. The second-order valence-corrected chi connectivity index (χ2v) is 5.61. The van der Waals surface area contributed by atoms with E-state index >= 15 is 0 Å². The van der Waals surface area contributed by atoms with E-state index in [-0.39, 0.29) is 6.54 Å². The third-order valence-corrected chi connectivity index (χ3v) is 4.32. The molecule has 8 heteroatoms. The normalized spacial score (nSPS) is 24.6. The lowest BCUT2D eigenvalue weighted by molar-refractivity contribution is -0.154. The highest BCUT2D eigenvalue weighted by Gasteiger charge is 2.41. The number of aliphatic carboxylic acids is 1. The SMILES string of the molecule is NC(=O)C1CCCN1C(=O)NCC1(C(=O)O)CCOCC1. The van der Waals surface area contributed by atoms with Gasteiger partial charge in [0, 0.05) is 26.3 Å². The zero-order chi connectivity index (χ0) is 15.5. The predicted octanol–water partition coefficient (Wildman–Crippen LogP) is -0.473. The lowest BCUT2D eigenvalue weighted by atomic mass is 9.80. The number of nitrogens with one attached hydrogen (secondary N) is 1. The van der Waals surface area contributed by atoms with Gasteiger partial charge in [-0.15, -0.1) is 0 Å². The molecule has 4 N–H and O–H groups in total. The molecule has 8 nitrogen and oxygen atoms in total. The topological polar surface area (TPSA) is 122 Å². The number of rotatable bonds is 4. The van der Waals surface area contributed by atoms with Gasteiger partial charge in [0.2, 0.25) is 5.91 Å². The summed E-state index contributed by atoms with van der Waals surface area (Å²) in [5.41, 5.74) is 4.28. The molecule has 0 aromatic rings. The fourth-order valence-electron chi connectivity index (χ4n) is 2.88. The molecule has 3 amide bonds. The molecule has 2 aliphatic rings. The van der Waals surface area contributed by atoms with Crippen molar-refractivity contribution in [1.82, 2.24) is 10.2 Å².